The Bertz CT molecular complexity index is 924. The van der Waals surface area contributed by atoms with Crippen molar-refractivity contribution in [2.75, 3.05) is 13.7 Å². The van der Waals surface area contributed by atoms with E-state index in [9.17, 15) is 14.0 Å². The summed E-state index contributed by atoms with van der Waals surface area (Å²) >= 11 is 0. The third-order valence-electron chi connectivity index (χ3n) is 4.90. The van der Waals surface area contributed by atoms with Crippen LogP contribution in [0.25, 0.3) is 5.69 Å². The van der Waals surface area contributed by atoms with Crippen molar-refractivity contribution in [3.05, 3.63) is 46.5 Å². The number of nitrogens with zero attached hydrogens (tertiary/aromatic N) is 2. The molecule has 3 rings (SSSR count). The Morgan fingerprint density at radius 2 is 2.14 bits per heavy atom. The summed E-state index contributed by atoms with van der Waals surface area (Å²) in [6.45, 7) is 3.46. The normalized spacial score (nSPS) is 15.1. The molecular weight excluding hydrogens is 365 g/mol. The summed E-state index contributed by atoms with van der Waals surface area (Å²) in [7, 11) is 1.44. The first-order chi connectivity index (χ1) is 13.2. The molecule has 7 nitrogen and oxygen atoms in total. The van der Waals surface area contributed by atoms with Crippen LogP contribution >= 0.6 is 0 Å². The highest BCUT2D eigenvalue weighted by molar-refractivity contribution is 5.95. The number of aryl methyl sites for hydroxylation is 1. The van der Waals surface area contributed by atoms with E-state index in [2.05, 4.69) is 10.4 Å². The van der Waals surface area contributed by atoms with Gasteiger partial charge in [0.15, 0.2) is 5.69 Å². The molecule has 28 heavy (non-hydrogen) atoms. The topological polar surface area (TPSA) is 93.4 Å². The fourth-order valence-corrected chi connectivity index (χ4v) is 3.72. The number of carbonyl (C=O) groups excluding carboxylic acids is 1. The van der Waals surface area contributed by atoms with Gasteiger partial charge in [-0.1, -0.05) is 6.07 Å². The maximum Gasteiger partial charge on any atom is 0.305 e. The zero-order valence-corrected chi connectivity index (χ0v) is 16.2. The third kappa shape index (κ3) is 3.91. The van der Waals surface area contributed by atoms with Crippen LogP contribution in [0.15, 0.2) is 18.2 Å². The first-order valence-corrected chi connectivity index (χ1v) is 9.14. The molecule has 1 aromatic heterocycles. The van der Waals surface area contributed by atoms with E-state index >= 15 is 0 Å². The number of aliphatic carboxylic acids is 1. The minimum atomic E-state index is -1.08. The van der Waals surface area contributed by atoms with Crippen LogP contribution in [0.3, 0.4) is 0 Å². The molecule has 1 amide bonds. The van der Waals surface area contributed by atoms with Gasteiger partial charge in [-0.2, -0.15) is 5.10 Å². The lowest BCUT2D eigenvalue weighted by Crippen LogP contribution is -2.51. The molecule has 0 radical (unpaired) electrons. The molecule has 0 saturated heterocycles. The Hall–Kier alpha value is -2.74. The Morgan fingerprint density at radius 1 is 1.39 bits per heavy atom. The van der Waals surface area contributed by atoms with Crippen LogP contribution in [0.5, 0.6) is 0 Å². The third-order valence-corrected chi connectivity index (χ3v) is 4.90. The van der Waals surface area contributed by atoms with Crippen LogP contribution in [-0.2, 0) is 22.4 Å². The summed E-state index contributed by atoms with van der Waals surface area (Å²) in [4.78, 5) is 24.1. The predicted molar refractivity (Wildman–Crippen MR) is 100 cm³/mol. The van der Waals surface area contributed by atoms with Crippen LogP contribution in [0, 0.1) is 12.7 Å². The summed E-state index contributed by atoms with van der Waals surface area (Å²) in [6, 6.07) is 4.88. The maximum atomic E-state index is 14.5. The number of methoxy groups -OCH3 is 1. The predicted octanol–water partition coefficient (Wildman–Crippen LogP) is 2.42. The van der Waals surface area contributed by atoms with E-state index in [-0.39, 0.29) is 18.7 Å². The molecule has 1 aliphatic rings. The van der Waals surface area contributed by atoms with Crippen molar-refractivity contribution in [3.63, 3.8) is 0 Å². The van der Waals surface area contributed by atoms with Crippen LogP contribution < -0.4 is 5.32 Å². The van der Waals surface area contributed by atoms with Gasteiger partial charge in [-0.15, -0.1) is 0 Å². The average molecular weight is 389 g/mol. The number of amides is 1. The highest BCUT2D eigenvalue weighted by Crippen LogP contribution is 2.29. The van der Waals surface area contributed by atoms with Crippen molar-refractivity contribution < 1.29 is 23.8 Å². The smallest absolute Gasteiger partial charge is 0.305 e. The van der Waals surface area contributed by atoms with Gasteiger partial charge in [0.2, 0.25) is 0 Å². The zero-order valence-electron chi connectivity index (χ0n) is 16.2. The van der Waals surface area contributed by atoms with Crippen LogP contribution in [0.4, 0.5) is 4.39 Å². The van der Waals surface area contributed by atoms with E-state index in [4.69, 9.17) is 9.84 Å². The SMILES string of the molecule is COCC(C)(CC(=O)O)NC(=O)c1nn(-c2ccc(C)cc2F)c2c1CCC2. The Kier molecular flexibility index (Phi) is 5.51. The number of hydrogen-bond donors (Lipinski definition) is 2. The quantitative estimate of drug-likeness (QED) is 0.759. The van der Waals surface area contributed by atoms with Gasteiger partial charge in [0, 0.05) is 18.4 Å². The van der Waals surface area contributed by atoms with E-state index in [1.54, 1.807) is 26.0 Å². The Balaban J connectivity index is 1.97. The molecule has 2 N–H and O–H groups in total. The summed E-state index contributed by atoms with van der Waals surface area (Å²) in [6.07, 6.45) is 1.94. The molecule has 0 aliphatic heterocycles. The first-order valence-electron chi connectivity index (χ1n) is 9.14. The molecule has 0 fully saturated rings. The van der Waals surface area contributed by atoms with Crippen molar-refractivity contribution in [1.82, 2.24) is 15.1 Å². The zero-order chi connectivity index (χ0) is 20.5. The van der Waals surface area contributed by atoms with Crippen LogP contribution in [0.1, 0.15) is 47.1 Å². The van der Waals surface area contributed by atoms with Gasteiger partial charge in [-0.3, -0.25) is 9.59 Å². The second-order valence-corrected chi connectivity index (χ2v) is 7.51. The van der Waals surface area contributed by atoms with Crippen molar-refractivity contribution in [2.45, 2.75) is 45.1 Å². The lowest BCUT2D eigenvalue weighted by molar-refractivity contribution is -0.139. The minimum absolute atomic E-state index is 0.0422. The molecule has 1 aromatic carbocycles. The molecule has 1 aliphatic carbocycles. The molecular formula is C20H24FN3O4. The van der Waals surface area contributed by atoms with Crippen LogP contribution in [0.2, 0.25) is 0 Å². The van der Waals surface area contributed by atoms with E-state index in [0.29, 0.717) is 18.5 Å². The van der Waals surface area contributed by atoms with E-state index in [1.807, 2.05) is 0 Å². The highest BCUT2D eigenvalue weighted by Gasteiger charge is 2.34. The largest absolute Gasteiger partial charge is 0.481 e. The monoisotopic (exact) mass is 389 g/mol. The second-order valence-electron chi connectivity index (χ2n) is 7.51. The Morgan fingerprint density at radius 3 is 2.79 bits per heavy atom. The number of carboxylic acids is 1. The summed E-state index contributed by atoms with van der Waals surface area (Å²) in [5.41, 5.74) is 1.83. The summed E-state index contributed by atoms with van der Waals surface area (Å²) < 4.78 is 21.1. The lowest BCUT2D eigenvalue weighted by Gasteiger charge is -2.28. The number of aromatic nitrogens is 2. The number of carbonyl (C=O) groups is 2. The molecule has 1 atom stereocenters. The molecule has 1 unspecified atom stereocenters. The van der Waals surface area contributed by atoms with Gasteiger partial charge in [0.05, 0.1) is 18.6 Å². The van der Waals surface area contributed by atoms with E-state index in [0.717, 1.165) is 23.2 Å². The van der Waals surface area contributed by atoms with Crippen molar-refractivity contribution in [2.24, 2.45) is 0 Å². The maximum absolute atomic E-state index is 14.5. The highest BCUT2D eigenvalue weighted by atomic mass is 19.1. The molecule has 0 spiro atoms. The van der Waals surface area contributed by atoms with Gasteiger partial charge in [-0.25, -0.2) is 9.07 Å². The van der Waals surface area contributed by atoms with Crippen molar-refractivity contribution >= 4 is 11.9 Å². The lowest BCUT2D eigenvalue weighted by atomic mass is 9.98. The molecule has 2 aromatic rings. The Labute approximate surface area is 162 Å². The molecule has 0 saturated carbocycles. The fourth-order valence-electron chi connectivity index (χ4n) is 3.72. The van der Waals surface area contributed by atoms with Crippen LogP contribution in [-0.4, -0.2) is 46.0 Å². The van der Waals surface area contributed by atoms with E-state index in [1.165, 1.54) is 17.9 Å². The molecule has 1 heterocycles. The summed E-state index contributed by atoms with van der Waals surface area (Å²) in [5, 5.41) is 16.3. The number of rotatable bonds is 7. The number of nitrogens with one attached hydrogen (secondary N) is 1. The number of halogens is 1. The molecule has 0 bridgehead atoms. The second kappa shape index (κ2) is 7.71. The van der Waals surface area contributed by atoms with Gasteiger partial charge in [-0.05, 0) is 50.8 Å². The first kappa shape index (κ1) is 20.0. The van der Waals surface area contributed by atoms with Crippen molar-refractivity contribution in [1.29, 1.82) is 0 Å². The van der Waals surface area contributed by atoms with Gasteiger partial charge >= 0.3 is 5.97 Å². The van der Waals surface area contributed by atoms with E-state index < -0.39 is 23.2 Å². The fraction of sp³-hybridized carbons (Fsp3) is 0.450. The number of carboxylic acid groups (broad SMARTS) is 1. The number of hydrogen-bond acceptors (Lipinski definition) is 4. The molecule has 150 valence electrons. The number of benzene rings is 1. The standard InChI is InChI=1S/C20H24FN3O4/c1-12-7-8-16(14(21)9-12)24-15-6-4-5-13(15)18(23-24)19(27)22-20(2,11-28-3)10-17(25)26/h7-9H,4-6,10-11H2,1-3H3,(H,22,27)(H,25,26). The average Bonchev–Trinajstić information content (AvgIpc) is 3.16. The minimum Gasteiger partial charge on any atom is -0.481 e. The number of fused-ring (bicyclic) bond motifs is 1. The van der Waals surface area contributed by atoms with Gasteiger partial charge in [0.1, 0.15) is 11.5 Å². The number of ether oxygens (including phenoxy) is 1. The van der Waals surface area contributed by atoms with Gasteiger partial charge < -0.3 is 15.2 Å². The van der Waals surface area contributed by atoms with Gasteiger partial charge in [0.25, 0.3) is 5.91 Å². The summed E-state index contributed by atoms with van der Waals surface area (Å²) in [5.74, 6) is -1.93. The van der Waals surface area contributed by atoms with Crippen molar-refractivity contribution in [3.8, 4) is 5.69 Å². The molecule has 8 heteroatoms.